The molecule has 0 aliphatic carbocycles. The summed E-state index contributed by atoms with van der Waals surface area (Å²) in [7, 11) is 1.71. The van der Waals surface area contributed by atoms with Gasteiger partial charge in [-0.3, -0.25) is 14.4 Å². The number of thioether (sulfide) groups is 1. The van der Waals surface area contributed by atoms with Gasteiger partial charge in [-0.1, -0.05) is 51.8 Å². The molecule has 3 fully saturated rings. The maximum absolute atomic E-state index is 14.6. The lowest BCUT2D eigenvalue weighted by atomic mass is 9.70. The number of carbonyl (C=O) groups excluding carboxylic acids is 3. The Bertz CT molecular complexity index is 1110. The van der Waals surface area contributed by atoms with E-state index in [1.807, 2.05) is 19.1 Å². The first-order chi connectivity index (χ1) is 17.5. The number of likely N-dealkylation sites (N-methyl/N-ethyl adjacent to an activating group) is 1. The van der Waals surface area contributed by atoms with Crippen molar-refractivity contribution in [2.75, 3.05) is 31.6 Å². The number of aliphatic hydroxyl groups excluding tert-OH is 1. The molecule has 7 atom stereocenters. The fourth-order valence-corrected chi connectivity index (χ4v) is 10.2. The van der Waals surface area contributed by atoms with Crippen LogP contribution in [0.5, 0.6) is 0 Å². The molecule has 200 valence electrons. The summed E-state index contributed by atoms with van der Waals surface area (Å²) in [6.45, 7) is 11.5. The van der Waals surface area contributed by atoms with E-state index in [0.717, 1.165) is 5.56 Å². The van der Waals surface area contributed by atoms with Gasteiger partial charge in [0.15, 0.2) is 0 Å². The molecule has 1 aromatic rings. The fraction of sp³-hybridized carbons (Fsp3) is 0.519. The van der Waals surface area contributed by atoms with E-state index in [1.54, 1.807) is 53.8 Å². The van der Waals surface area contributed by atoms with Crippen LogP contribution in [0.2, 0.25) is 5.02 Å². The van der Waals surface area contributed by atoms with E-state index in [1.165, 1.54) is 4.90 Å². The summed E-state index contributed by atoms with van der Waals surface area (Å²) in [4.78, 5) is 47.0. The van der Waals surface area contributed by atoms with Crippen molar-refractivity contribution in [3.05, 3.63) is 54.1 Å². The number of anilines is 1. The van der Waals surface area contributed by atoms with E-state index in [2.05, 4.69) is 29.1 Å². The van der Waals surface area contributed by atoms with Gasteiger partial charge in [-0.25, -0.2) is 0 Å². The summed E-state index contributed by atoms with van der Waals surface area (Å²) in [5.74, 6) is -1.92. The maximum Gasteiger partial charge on any atom is 0.251 e. The zero-order valence-corrected chi connectivity index (χ0v) is 24.4. The summed E-state index contributed by atoms with van der Waals surface area (Å²) in [5, 5.41) is 10.4. The second kappa shape index (κ2) is 10.8. The largest absolute Gasteiger partial charge is 0.394 e. The Morgan fingerprint density at radius 1 is 1.32 bits per heavy atom. The van der Waals surface area contributed by atoms with E-state index < -0.39 is 28.7 Å². The highest BCUT2D eigenvalue weighted by Crippen LogP contribution is 2.68. The van der Waals surface area contributed by atoms with E-state index in [4.69, 9.17) is 11.6 Å². The molecule has 10 heteroatoms. The van der Waals surface area contributed by atoms with Crippen LogP contribution in [-0.2, 0) is 14.4 Å². The van der Waals surface area contributed by atoms with Crippen molar-refractivity contribution in [3.8, 4) is 0 Å². The van der Waals surface area contributed by atoms with E-state index >= 15 is 0 Å². The molecule has 0 aromatic heterocycles. The molecule has 7 nitrogen and oxygen atoms in total. The third kappa shape index (κ3) is 4.36. The van der Waals surface area contributed by atoms with Crippen LogP contribution in [-0.4, -0.2) is 86.3 Å². The molecule has 37 heavy (non-hydrogen) atoms. The van der Waals surface area contributed by atoms with Gasteiger partial charge in [0, 0.05) is 30.2 Å². The van der Waals surface area contributed by atoms with E-state index in [-0.39, 0.29) is 41.0 Å². The molecule has 3 heterocycles. The van der Waals surface area contributed by atoms with Gasteiger partial charge in [-0.15, -0.1) is 24.9 Å². The van der Waals surface area contributed by atoms with Crippen LogP contribution in [0.3, 0.4) is 0 Å². The second-order valence-corrected chi connectivity index (χ2v) is 13.2. The zero-order chi connectivity index (χ0) is 27.2. The molecule has 0 radical (unpaired) electrons. The quantitative estimate of drug-likeness (QED) is 0.341. The number of nitrogens with zero attached hydrogens (tertiary/aromatic N) is 3. The number of hydrogen-bond acceptors (Lipinski definition) is 5. The molecule has 1 spiro atoms. The van der Waals surface area contributed by atoms with E-state index in [9.17, 15) is 19.5 Å². The number of aliphatic hydroxyl groups is 1. The SMILES string of the molecule is C=CCN(C)C(=O)[C@H]1[C@@H]2SC3(CC2Br)C(C(=O)N(CC=C)c2c(C)cccc2Cl)N([C@H](C)CO)C(=O)[C@H]13. The third-order valence-electron chi connectivity index (χ3n) is 7.80. The van der Waals surface area contributed by atoms with Crippen molar-refractivity contribution in [3.63, 3.8) is 0 Å². The molecule has 3 saturated heterocycles. The Hall–Kier alpha value is -1.81. The van der Waals surface area contributed by atoms with Crippen LogP contribution in [0.15, 0.2) is 43.5 Å². The number of fused-ring (bicyclic) bond motifs is 1. The average Bonchev–Trinajstić information content (AvgIpc) is 3.45. The standard InChI is InChI=1S/C27H33BrClN3O4S/c1-6-11-30(5)24(34)19-20-25(35)32(16(4)14-33)23(27(20)13-17(28)22(19)37-27)26(36)31(12-7-2)21-15(3)9-8-10-18(21)29/h6-10,16-17,19-20,22-23,33H,1-2,11-14H2,3-5H3/t16-,17?,19-,20+,22-,23?,27?/m1/s1. The number of halogens is 2. The molecule has 1 N–H and O–H groups in total. The number of benzene rings is 1. The Balaban J connectivity index is 1.85. The summed E-state index contributed by atoms with van der Waals surface area (Å²) < 4.78 is -0.819. The Kier molecular flexibility index (Phi) is 8.19. The fourth-order valence-electron chi connectivity index (χ4n) is 6.26. The van der Waals surface area contributed by atoms with Crippen molar-refractivity contribution < 1.29 is 19.5 Å². The first-order valence-electron chi connectivity index (χ1n) is 12.3. The molecular formula is C27H33BrClN3O4S. The van der Waals surface area contributed by atoms with Crippen LogP contribution in [0.4, 0.5) is 5.69 Å². The second-order valence-electron chi connectivity index (χ2n) is 10.1. The van der Waals surface area contributed by atoms with Crippen LogP contribution in [0.25, 0.3) is 0 Å². The number of amides is 3. The van der Waals surface area contributed by atoms with Crippen LogP contribution >= 0.6 is 39.3 Å². The summed E-state index contributed by atoms with van der Waals surface area (Å²) >= 11 is 11.9. The number of aryl methyl sites for hydroxylation is 1. The number of carbonyl (C=O) groups is 3. The lowest BCUT2D eigenvalue weighted by molar-refractivity contribution is -0.144. The predicted molar refractivity (Wildman–Crippen MR) is 152 cm³/mol. The average molecular weight is 611 g/mol. The van der Waals surface area contributed by atoms with Gasteiger partial charge in [-0.2, -0.15) is 0 Å². The number of rotatable bonds is 9. The molecule has 4 rings (SSSR count). The van der Waals surface area contributed by atoms with Crippen molar-refractivity contribution in [2.24, 2.45) is 11.8 Å². The number of hydrogen-bond donors (Lipinski definition) is 1. The summed E-state index contributed by atoms with van der Waals surface area (Å²) in [5.41, 5.74) is 1.40. The summed E-state index contributed by atoms with van der Waals surface area (Å²) in [6, 6.07) is 3.96. The Morgan fingerprint density at radius 2 is 2.00 bits per heavy atom. The molecule has 3 unspecified atom stereocenters. The van der Waals surface area contributed by atoms with Crippen molar-refractivity contribution in [1.29, 1.82) is 0 Å². The van der Waals surface area contributed by atoms with Crippen molar-refractivity contribution in [2.45, 2.75) is 47.2 Å². The van der Waals surface area contributed by atoms with Gasteiger partial charge in [0.05, 0.1) is 39.9 Å². The number of alkyl halides is 1. The van der Waals surface area contributed by atoms with Crippen LogP contribution in [0.1, 0.15) is 18.9 Å². The van der Waals surface area contributed by atoms with Gasteiger partial charge in [0.1, 0.15) is 6.04 Å². The molecule has 3 aliphatic heterocycles. The van der Waals surface area contributed by atoms with Gasteiger partial charge in [0.25, 0.3) is 5.91 Å². The minimum Gasteiger partial charge on any atom is -0.394 e. The van der Waals surface area contributed by atoms with Crippen molar-refractivity contribution >= 4 is 62.7 Å². The van der Waals surface area contributed by atoms with Gasteiger partial charge >= 0.3 is 0 Å². The Labute approximate surface area is 236 Å². The number of likely N-dealkylation sites (tertiary alicyclic amines) is 1. The highest BCUT2D eigenvalue weighted by molar-refractivity contribution is 9.09. The van der Waals surface area contributed by atoms with E-state index in [0.29, 0.717) is 23.7 Å². The lowest BCUT2D eigenvalue weighted by Gasteiger charge is -2.39. The maximum atomic E-state index is 14.6. The molecule has 0 saturated carbocycles. The number of para-hydroxylation sites is 1. The monoisotopic (exact) mass is 609 g/mol. The van der Waals surface area contributed by atoms with Gasteiger partial charge in [0.2, 0.25) is 11.8 Å². The molecule has 3 aliphatic rings. The first-order valence-corrected chi connectivity index (χ1v) is 14.5. The first kappa shape index (κ1) is 28.2. The topological polar surface area (TPSA) is 81.2 Å². The minimum atomic E-state index is -0.875. The lowest BCUT2D eigenvalue weighted by Crippen LogP contribution is -2.57. The highest BCUT2D eigenvalue weighted by atomic mass is 79.9. The normalized spacial score (nSPS) is 30.7. The van der Waals surface area contributed by atoms with Crippen molar-refractivity contribution in [1.82, 2.24) is 9.80 Å². The minimum absolute atomic E-state index is 0.0396. The highest BCUT2D eigenvalue weighted by Gasteiger charge is 2.76. The Morgan fingerprint density at radius 3 is 2.59 bits per heavy atom. The smallest absolute Gasteiger partial charge is 0.251 e. The van der Waals surface area contributed by atoms with Crippen LogP contribution < -0.4 is 4.90 Å². The van der Waals surface area contributed by atoms with Gasteiger partial charge < -0.3 is 19.8 Å². The molecule has 1 aromatic carbocycles. The third-order valence-corrected chi connectivity index (χ3v) is 11.3. The van der Waals surface area contributed by atoms with Crippen LogP contribution in [0, 0.1) is 18.8 Å². The zero-order valence-electron chi connectivity index (χ0n) is 21.3. The summed E-state index contributed by atoms with van der Waals surface area (Å²) in [6.07, 6.45) is 3.85. The van der Waals surface area contributed by atoms with Gasteiger partial charge in [-0.05, 0) is 31.9 Å². The molecular weight excluding hydrogens is 578 g/mol. The predicted octanol–water partition coefficient (Wildman–Crippen LogP) is 3.66. The molecule has 3 amide bonds. The molecule has 2 bridgehead atoms.